The van der Waals surface area contributed by atoms with Crippen molar-refractivity contribution in [2.45, 2.75) is 20.3 Å². The van der Waals surface area contributed by atoms with Crippen LogP contribution in [-0.2, 0) is 9.59 Å². The molecule has 1 amide bonds. The predicted molar refractivity (Wildman–Crippen MR) is 71.1 cm³/mol. The maximum Gasteiger partial charge on any atom is 0.309 e. The van der Waals surface area contributed by atoms with E-state index in [1.165, 1.54) is 19.9 Å². The van der Waals surface area contributed by atoms with Crippen molar-refractivity contribution >= 4 is 40.8 Å². The quantitative estimate of drug-likeness (QED) is 0.892. The minimum Gasteiger partial charge on any atom is -0.481 e. The average Bonchev–Trinajstić information content (AvgIpc) is 2.21. The van der Waals surface area contributed by atoms with Crippen molar-refractivity contribution in [3.8, 4) is 0 Å². The molecular weight excluding hydrogens is 277 g/mol. The Morgan fingerprint density at radius 3 is 2.44 bits per heavy atom. The zero-order chi connectivity index (χ0) is 13.9. The summed E-state index contributed by atoms with van der Waals surface area (Å²) in [5.74, 6) is -1.44. The second-order valence-electron chi connectivity index (χ2n) is 4.54. The first-order valence-electron chi connectivity index (χ1n) is 5.20. The average molecular weight is 290 g/mol. The Balaban J connectivity index is 2.74. The van der Waals surface area contributed by atoms with E-state index in [1.807, 2.05) is 0 Å². The van der Waals surface area contributed by atoms with Gasteiger partial charge in [0.05, 0.1) is 16.1 Å². The van der Waals surface area contributed by atoms with E-state index in [9.17, 15) is 9.59 Å². The van der Waals surface area contributed by atoms with Gasteiger partial charge in [0.15, 0.2) is 0 Å². The number of carboxylic acids is 1. The van der Waals surface area contributed by atoms with Gasteiger partial charge in [-0.3, -0.25) is 9.59 Å². The highest BCUT2D eigenvalue weighted by atomic mass is 35.5. The largest absolute Gasteiger partial charge is 0.481 e. The molecule has 0 saturated heterocycles. The van der Waals surface area contributed by atoms with Crippen LogP contribution in [0.3, 0.4) is 0 Å². The summed E-state index contributed by atoms with van der Waals surface area (Å²) in [6.45, 7) is 2.97. The number of amides is 1. The zero-order valence-corrected chi connectivity index (χ0v) is 11.5. The van der Waals surface area contributed by atoms with E-state index in [0.29, 0.717) is 15.7 Å². The fourth-order valence-corrected chi connectivity index (χ4v) is 1.72. The molecule has 0 aliphatic carbocycles. The van der Waals surface area contributed by atoms with Crippen molar-refractivity contribution in [3.05, 3.63) is 28.2 Å². The molecule has 4 nitrogen and oxygen atoms in total. The highest BCUT2D eigenvalue weighted by Crippen LogP contribution is 2.27. The molecular formula is C12H13Cl2NO3. The number of rotatable bonds is 4. The number of nitrogens with one attached hydrogen (secondary N) is 1. The molecule has 0 aromatic heterocycles. The van der Waals surface area contributed by atoms with Gasteiger partial charge in [-0.05, 0) is 32.0 Å². The topological polar surface area (TPSA) is 66.4 Å². The fourth-order valence-electron chi connectivity index (χ4n) is 1.26. The molecule has 0 bridgehead atoms. The van der Waals surface area contributed by atoms with Crippen molar-refractivity contribution < 1.29 is 14.7 Å². The minimum absolute atomic E-state index is 0.138. The van der Waals surface area contributed by atoms with Crippen LogP contribution in [0.2, 0.25) is 10.0 Å². The molecule has 0 saturated carbocycles. The Labute approximate surface area is 115 Å². The number of carbonyl (C=O) groups excluding carboxylic acids is 1. The van der Waals surface area contributed by atoms with E-state index < -0.39 is 17.3 Å². The Morgan fingerprint density at radius 2 is 1.94 bits per heavy atom. The zero-order valence-electron chi connectivity index (χ0n) is 9.96. The summed E-state index contributed by atoms with van der Waals surface area (Å²) in [4.78, 5) is 22.6. The Hall–Kier alpha value is -1.26. The number of carboxylic acid groups (broad SMARTS) is 1. The molecule has 18 heavy (non-hydrogen) atoms. The van der Waals surface area contributed by atoms with Gasteiger partial charge >= 0.3 is 5.97 Å². The van der Waals surface area contributed by atoms with Crippen molar-refractivity contribution in [1.82, 2.24) is 0 Å². The van der Waals surface area contributed by atoms with E-state index in [2.05, 4.69) is 5.32 Å². The molecule has 1 rings (SSSR count). The summed E-state index contributed by atoms with van der Waals surface area (Å²) >= 11 is 11.6. The number of aliphatic carboxylic acids is 1. The highest BCUT2D eigenvalue weighted by Gasteiger charge is 2.30. The van der Waals surface area contributed by atoms with E-state index >= 15 is 0 Å². The van der Waals surface area contributed by atoms with Crippen LogP contribution in [0.4, 0.5) is 5.69 Å². The Bertz CT molecular complexity index is 486. The van der Waals surface area contributed by atoms with Crippen LogP contribution in [-0.4, -0.2) is 17.0 Å². The number of hydrogen-bond donors (Lipinski definition) is 2. The molecule has 2 N–H and O–H groups in total. The summed E-state index contributed by atoms with van der Waals surface area (Å²) in [5, 5.41) is 12.3. The second-order valence-corrected chi connectivity index (χ2v) is 5.38. The van der Waals surface area contributed by atoms with E-state index in [1.54, 1.807) is 12.1 Å². The summed E-state index contributed by atoms with van der Waals surface area (Å²) < 4.78 is 0. The van der Waals surface area contributed by atoms with Crippen LogP contribution in [0.5, 0.6) is 0 Å². The van der Waals surface area contributed by atoms with Gasteiger partial charge in [-0.15, -0.1) is 0 Å². The maximum absolute atomic E-state index is 11.7. The van der Waals surface area contributed by atoms with Crippen LogP contribution in [0.15, 0.2) is 18.2 Å². The molecule has 98 valence electrons. The molecule has 0 unspecified atom stereocenters. The van der Waals surface area contributed by atoms with Gasteiger partial charge in [0.2, 0.25) is 5.91 Å². The third kappa shape index (κ3) is 3.89. The van der Waals surface area contributed by atoms with Crippen LogP contribution in [0, 0.1) is 5.41 Å². The van der Waals surface area contributed by atoms with Gasteiger partial charge in [-0.1, -0.05) is 23.2 Å². The summed E-state index contributed by atoms with van der Waals surface area (Å²) in [5.41, 5.74) is -0.713. The molecule has 0 aliphatic rings. The van der Waals surface area contributed by atoms with Gasteiger partial charge in [0.1, 0.15) is 0 Å². The van der Waals surface area contributed by atoms with Gasteiger partial charge in [-0.25, -0.2) is 0 Å². The molecule has 1 aromatic rings. The maximum atomic E-state index is 11.7. The van der Waals surface area contributed by atoms with Gasteiger partial charge < -0.3 is 10.4 Å². The van der Waals surface area contributed by atoms with Gasteiger partial charge in [-0.2, -0.15) is 0 Å². The SMILES string of the molecule is CC(C)(CC(=O)Nc1ccc(Cl)cc1Cl)C(=O)O. The highest BCUT2D eigenvalue weighted by molar-refractivity contribution is 6.36. The monoisotopic (exact) mass is 289 g/mol. The van der Waals surface area contributed by atoms with Crippen molar-refractivity contribution in [1.29, 1.82) is 0 Å². The lowest BCUT2D eigenvalue weighted by Crippen LogP contribution is -2.29. The summed E-state index contributed by atoms with van der Waals surface area (Å²) in [6, 6.07) is 4.66. The smallest absolute Gasteiger partial charge is 0.309 e. The molecule has 0 heterocycles. The molecule has 6 heteroatoms. The third-order valence-electron chi connectivity index (χ3n) is 2.39. The molecule has 0 fully saturated rings. The van der Waals surface area contributed by atoms with Crippen LogP contribution >= 0.6 is 23.2 Å². The lowest BCUT2D eigenvalue weighted by atomic mass is 9.89. The number of halogens is 2. The molecule has 0 radical (unpaired) electrons. The molecule has 0 aliphatic heterocycles. The Kier molecular flexibility index (Phi) is 4.59. The third-order valence-corrected chi connectivity index (χ3v) is 2.93. The lowest BCUT2D eigenvalue weighted by Gasteiger charge is -2.18. The van der Waals surface area contributed by atoms with Crippen LogP contribution in [0.25, 0.3) is 0 Å². The second kappa shape index (κ2) is 5.59. The number of carbonyl (C=O) groups is 2. The first-order chi connectivity index (χ1) is 8.22. The standard InChI is InChI=1S/C12H13Cl2NO3/c1-12(2,11(17)18)6-10(16)15-9-4-3-7(13)5-8(9)14/h3-5H,6H2,1-2H3,(H,15,16)(H,17,18). The van der Waals surface area contributed by atoms with Crippen molar-refractivity contribution in [2.75, 3.05) is 5.32 Å². The minimum atomic E-state index is -1.12. The first-order valence-corrected chi connectivity index (χ1v) is 5.96. The summed E-state index contributed by atoms with van der Waals surface area (Å²) in [6.07, 6.45) is -0.138. The van der Waals surface area contributed by atoms with Gasteiger partial charge in [0, 0.05) is 11.4 Å². The number of anilines is 1. The van der Waals surface area contributed by atoms with Crippen molar-refractivity contribution in [3.63, 3.8) is 0 Å². The normalized spacial score (nSPS) is 11.1. The number of hydrogen-bond acceptors (Lipinski definition) is 2. The fraction of sp³-hybridized carbons (Fsp3) is 0.333. The van der Waals surface area contributed by atoms with Crippen LogP contribution in [0.1, 0.15) is 20.3 Å². The molecule has 0 atom stereocenters. The molecule has 0 spiro atoms. The Morgan fingerprint density at radius 1 is 1.33 bits per heavy atom. The van der Waals surface area contributed by atoms with E-state index in [0.717, 1.165) is 0 Å². The van der Waals surface area contributed by atoms with E-state index in [4.69, 9.17) is 28.3 Å². The van der Waals surface area contributed by atoms with E-state index in [-0.39, 0.29) is 6.42 Å². The molecule has 1 aromatic carbocycles. The first kappa shape index (κ1) is 14.8. The lowest BCUT2D eigenvalue weighted by molar-refractivity contribution is -0.148. The number of benzene rings is 1. The predicted octanol–water partition coefficient (Wildman–Crippen LogP) is 3.43. The van der Waals surface area contributed by atoms with Crippen LogP contribution < -0.4 is 5.32 Å². The summed E-state index contributed by atoms with van der Waals surface area (Å²) in [7, 11) is 0. The van der Waals surface area contributed by atoms with Crippen molar-refractivity contribution in [2.24, 2.45) is 5.41 Å². The van der Waals surface area contributed by atoms with Gasteiger partial charge in [0.25, 0.3) is 0 Å².